The van der Waals surface area contributed by atoms with Crippen LogP contribution in [0.4, 0.5) is 0 Å². The van der Waals surface area contributed by atoms with E-state index in [-0.39, 0.29) is 4.90 Å². The SMILES string of the molecule is CCCN(C1(CN)CCCC1)S(=O)(=O)c1cccnc1. The summed E-state index contributed by atoms with van der Waals surface area (Å²) < 4.78 is 27.4. The summed E-state index contributed by atoms with van der Waals surface area (Å²) in [5, 5.41) is 0. The minimum atomic E-state index is -3.53. The molecule has 0 aromatic carbocycles. The minimum Gasteiger partial charge on any atom is -0.329 e. The molecule has 0 bridgehead atoms. The number of nitrogens with zero attached hydrogens (tertiary/aromatic N) is 2. The standard InChI is InChI=1S/C14H23N3O2S/c1-2-10-17(14(12-15)7-3-4-8-14)20(18,19)13-6-5-9-16-11-13/h5-6,9,11H,2-4,7-8,10,12,15H2,1H3. The summed E-state index contributed by atoms with van der Waals surface area (Å²) in [5.41, 5.74) is 5.54. The molecule has 0 atom stereocenters. The van der Waals surface area contributed by atoms with E-state index in [1.54, 1.807) is 22.6 Å². The summed E-state index contributed by atoms with van der Waals surface area (Å²) in [6, 6.07) is 3.25. The molecule has 20 heavy (non-hydrogen) atoms. The summed E-state index contributed by atoms with van der Waals surface area (Å²) in [7, 11) is -3.53. The van der Waals surface area contributed by atoms with Crippen molar-refractivity contribution in [3.05, 3.63) is 24.5 Å². The largest absolute Gasteiger partial charge is 0.329 e. The molecule has 1 aliphatic rings. The number of sulfonamides is 1. The smallest absolute Gasteiger partial charge is 0.245 e. The fourth-order valence-corrected chi connectivity index (χ4v) is 4.92. The van der Waals surface area contributed by atoms with E-state index in [1.165, 1.54) is 6.20 Å². The highest BCUT2D eigenvalue weighted by Gasteiger charge is 2.44. The van der Waals surface area contributed by atoms with E-state index in [0.717, 1.165) is 32.1 Å². The van der Waals surface area contributed by atoms with Gasteiger partial charge in [-0.1, -0.05) is 19.8 Å². The molecule has 112 valence electrons. The molecule has 0 amide bonds. The van der Waals surface area contributed by atoms with Crippen LogP contribution in [-0.2, 0) is 10.0 Å². The Hall–Kier alpha value is -0.980. The van der Waals surface area contributed by atoms with E-state index in [0.29, 0.717) is 13.1 Å². The van der Waals surface area contributed by atoms with Gasteiger partial charge in [0.25, 0.3) is 0 Å². The number of aromatic nitrogens is 1. The summed E-state index contributed by atoms with van der Waals surface area (Å²) in [6.45, 7) is 2.88. The molecule has 0 aliphatic heterocycles. The molecule has 5 nitrogen and oxygen atoms in total. The van der Waals surface area contributed by atoms with Crippen LogP contribution in [0.3, 0.4) is 0 Å². The Morgan fingerprint density at radius 1 is 1.40 bits per heavy atom. The van der Waals surface area contributed by atoms with Gasteiger partial charge in [-0.05, 0) is 31.4 Å². The van der Waals surface area contributed by atoms with Crippen molar-refractivity contribution in [1.82, 2.24) is 9.29 Å². The van der Waals surface area contributed by atoms with E-state index in [4.69, 9.17) is 5.73 Å². The average molecular weight is 297 g/mol. The zero-order valence-corrected chi connectivity index (χ0v) is 12.8. The lowest BCUT2D eigenvalue weighted by atomic mass is 9.98. The summed E-state index contributed by atoms with van der Waals surface area (Å²) in [5.74, 6) is 0. The van der Waals surface area contributed by atoms with Crippen molar-refractivity contribution >= 4 is 10.0 Å². The van der Waals surface area contributed by atoms with E-state index < -0.39 is 15.6 Å². The van der Waals surface area contributed by atoms with Crippen molar-refractivity contribution < 1.29 is 8.42 Å². The molecule has 0 radical (unpaired) electrons. The highest BCUT2D eigenvalue weighted by molar-refractivity contribution is 7.89. The zero-order chi connectivity index (χ0) is 14.6. The van der Waals surface area contributed by atoms with E-state index in [2.05, 4.69) is 4.98 Å². The Bertz CT molecular complexity index is 525. The van der Waals surface area contributed by atoms with Gasteiger partial charge in [0.2, 0.25) is 10.0 Å². The fraction of sp³-hybridized carbons (Fsp3) is 0.643. The van der Waals surface area contributed by atoms with Crippen LogP contribution in [0.5, 0.6) is 0 Å². The molecule has 1 aromatic heterocycles. The molecule has 2 rings (SSSR count). The van der Waals surface area contributed by atoms with Crippen LogP contribution < -0.4 is 5.73 Å². The molecule has 0 unspecified atom stereocenters. The Kier molecular flexibility index (Phi) is 4.78. The molecular formula is C14H23N3O2S. The monoisotopic (exact) mass is 297 g/mol. The van der Waals surface area contributed by atoms with Gasteiger partial charge < -0.3 is 5.73 Å². The van der Waals surface area contributed by atoms with Gasteiger partial charge in [0, 0.05) is 31.0 Å². The first-order valence-corrected chi connectivity index (χ1v) is 8.64. The maximum Gasteiger partial charge on any atom is 0.245 e. The second-order valence-corrected chi connectivity index (χ2v) is 7.26. The summed E-state index contributed by atoms with van der Waals surface area (Å²) in [6.07, 6.45) is 7.56. The van der Waals surface area contributed by atoms with Crippen LogP contribution in [0.1, 0.15) is 39.0 Å². The predicted octanol–water partition coefficient (Wildman–Crippen LogP) is 1.75. The maximum absolute atomic E-state index is 12.9. The molecule has 0 spiro atoms. The van der Waals surface area contributed by atoms with Crippen molar-refractivity contribution in [2.75, 3.05) is 13.1 Å². The average Bonchev–Trinajstić information content (AvgIpc) is 2.95. The second-order valence-electron chi connectivity index (χ2n) is 5.40. The van der Waals surface area contributed by atoms with Crippen molar-refractivity contribution in [2.24, 2.45) is 5.73 Å². The van der Waals surface area contributed by atoms with Gasteiger partial charge in [-0.2, -0.15) is 4.31 Å². The topological polar surface area (TPSA) is 76.3 Å². The van der Waals surface area contributed by atoms with Crippen molar-refractivity contribution in [3.63, 3.8) is 0 Å². The molecular weight excluding hydrogens is 274 g/mol. The van der Waals surface area contributed by atoms with Crippen molar-refractivity contribution in [3.8, 4) is 0 Å². The van der Waals surface area contributed by atoms with Crippen LogP contribution in [-0.4, -0.2) is 36.3 Å². The zero-order valence-electron chi connectivity index (χ0n) is 12.0. The van der Waals surface area contributed by atoms with Crippen LogP contribution in [0.2, 0.25) is 0 Å². The van der Waals surface area contributed by atoms with E-state index in [1.807, 2.05) is 6.92 Å². The lowest BCUT2D eigenvalue weighted by molar-refractivity contribution is 0.197. The molecule has 6 heteroatoms. The number of nitrogens with two attached hydrogens (primary N) is 1. The number of hydrogen-bond acceptors (Lipinski definition) is 4. The Labute approximate surface area is 121 Å². The first kappa shape index (κ1) is 15.4. The van der Waals surface area contributed by atoms with Gasteiger partial charge >= 0.3 is 0 Å². The molecule has 0 saturated heterocycles. The van der Waals surface area contributed by atoms with Crippen LogP contribution in [0.15, 0.2) is 29.4 Å². The fourth-order valence-electron chi connectivity index (χ4n) is 3.03. The summed E-state index contributed by atoms with van der Waals surface area (Å²) >= 11 is 0. The Balaban J connectivity index is 2.42. The lowest BCUT2D eigenvalue weighted by Crippen LogP contribution is -2.54. The highest BCUT2D eigenvalue weighted by Crippen LogP contribution is 2.37. The van der Waals surface area contributed by atoms with Gasteiger partial charge in [0.1, 0.15) is 4.90 Å². The quantitative estimate of drug-likeness (QED) is 0.868. The van der Waals surface area contributed by atoms with Crippen LogP contribution in [0, 0.1) is 0 Å². The number of pyridine rings is 1. The third kappa shape index (κ3) is 2.73. The molecule has 1 aliphatic carbocycles. The Morgan fingerprint density at radius 2 is 2.10 bits per heavy atom. The van der Waals surface area contributed by atoms with Gasteiger partial charge in [0.15, 0.2) is 0 Å². The maximum atomic E-state index is 12.9. The van der Waals surface area contributed by atoms with E-state index >= 15 is 0 Å². The van der Waals surface area contributed by atoms with Gasteiger partial charge in [-0.15, -0.1) is 0 Å². The molecule has 1 fully saturated rings. The minimum absolute atomic E-state index is 0.258. The van der Waals surface area contributed by atoms with Gasteiger partial charge in [0.05, 0.1) is 0 Å². The molecule has 1 saturated carbocycles. The number of hydrogen-bond donors (Lipinski definition) is 1. The molecule has 1 heterocycles. The third-order valence-electron chi connectivity index (χ3n) is 4.09. The normalized spacial score (nSPS) is 18.6. The van der Waals surface area contributed by atoms with Crippen molar-refractivity contribution in [1.29, 1.82) is 0 Å². The third-order valence-corrected chi connectivity index (χ3v) is 6.08. The summed E-state index contributed by atoms with van der Waals surface area (Å²) in [4.78, 5) is 4.19. The molecule has 1 aromatic rings. The van der Waals surface area contributed by atoms with E-state index in [9.17, 15) is 8.42 Å². The second kappa shape index (κ2) is 6.20. The first-order valence-electron chi connectivity index (χ1n) is 7.20. The van der Waals surface area contributed by atoms with Crippen LogP contribution >= 0.6 is 0 Å². The molecule has 2 N–H and O–H groups in total. The Morgan fingerprint density at radius 3 is 2.60 bits per heavy atom. The van der Waals surface area contributed by atoms with Crippen LogP contribution in [0.25, 0.3) is 0 Å². The van der Waals surface area contributed by atoms with Gasteiger partial charge in [-0.25, -0.2) is 8.42 Å². The predicted molar refractivity (Wildman–Crippen MR) is 78.7 cm³/mol. The van der Waals surface area contributed by atoms with Crippen molar-refractivity contribution in [2.45, 2.75) is 49.5 Å². The lowest BCUT2D eigenvalue weighted by Gasteiger charge is -2.39. The van der Waals surface area contributed by atoms with Gasteiger partial charge in [-0.3, -0.25) is 4.98 Å². The first-order chi connectivity index (χ1) is 9.57. The number of rotatable bonds is 6. The highest BCUT2D eigenvalue weighted by atomic mass is 32.2.